The fraction of sp³-hybridized carbons (Fsp3) is 0.588. The van der Waals surface area contributed by atoms with Gasteiger partial charge in [0.2, 0.25) is 5.91 Å². The Balaban J connectivity index is 1.35. The Bertz CT molecular complexity index is 487. The highest BCUT2D eigenvalue weighted by molar-refractivity contribution is 7.99. The van der Waals surface area contributed by atoms with E-state index < -0.39 is 0 Å². The van der Waals surface area contributed by atoms with Crippen molar-refractivity contribution in [2.24, 2.45) is 5.92 Å². The second kappa shape index (κ2) is 8.18. The fourth-order valence-corrected chi connectivity index (χ4v) is 5.05. The summed E-state index contributed by atoms with van der Waals surface area (Å²) in [4.78, 5) is 15.6. The van der Waals surface area contributed by atoms with E-state index in [9.17, 15) is 4.79 Å². The van der Waals surface area contributed by atoms with Crippen molar-refractivity contribution in [1.29, 1.82) is 0 Å². The molecule has 1 atom stereocenters. The quantitative estimate of drug-likeness (QED) is 0.839. The Labute approximate surface area is 141 Å². The van der Waals surface area contributed by atoms with E-state index in [1.54, 1.807) is 17.4 Å². The van der Waals surface area contributed by atoms with Crippen molar-refractivity contribution in [3.8, 4) is 0 Å². The van der Waals surface area contributed by atoms with Gasteiger partial charge in [-0.25, -0.2) is 0 Å². The first kappa shape index (κ1) is 16.1. The third-order valence-corrected chi connectivity index (χ3v) is 6.56. The molecule has 0 aromatic carbocycles. The molecule has 22 heavy (non-hydrogen) atoms. The van der Waals surface area contributed by atoms with Gasteiger partial charge in [-0.3, -0.25) is 9.69 Å². The van der Waals surface area contributed by atoms with Crippen LogP contribution in [0.5, 0.6) is 0 Å². The summed E-state index contributed by atoms with van der Waals surface area (Å²) in [5, 5.41) is 5.08. The molecule has 3 rings (SSSR count). The molecule has 1 N–H and O–H groups in total. The molecule has 1 unspecified atom stereocenters. The first-order valence-corrected chi connectivity index (χ1v) is 10.2. The number of hydrogen-bond acceptors (Lipinski definition) is 4. The Morgan fingerprint density at radius 2 is 2.23 bits per heavy atom. The lowest BCUT2D eigenvalue weighted by Crippen LogP contribution is -2.43. The van der Waals surface area contributed by atoms with Crippen LogP contribution in [0.15, 0.2) is 23.6 Å². The van der Waals surface area contributed by atoms with Crippen molar-refractivity contribution < 1.29 is 4.79 Å². The molecule has 2 aliphatic rings. The topological polar surface area (TPSA) is 32.3 Å². The average molecular weight is 337 g/mol. The number of carbonyl (C=O) groups is 1. The lowest BCUT2D eigenvalue weighted by molar-refractivity contribution is -0.116. The maximum atomic E-state index is 11.8. The van der Waals surface area contributed by atoms with Gasteiger partial charge in [-0.15, -0.1) is 11.3 Å². The summed E-state index contributed by atoms with van der Waals surface area (Å²) >= 11 is 3.74. The van der Waals surface area contributed by atoms with Crippen LogP contribution >= 0.6 is 23.1 Å². The van der Waals surface area contributed by atoms with Crippen molar-refractivity contribution in [3.05, 3.63) is 28.5 Å². The van der Waals surface area contributed by atoms with Gasteiger partial charge < -0.3 is 5.32 Å². The fourth-order valence-electron chi connectivity index (χ4n) is 3.18. The normalized spacial score (nSPS) is 24.1. The largest absolute Gasteiger partial charge is 0.352 e. The van der Waals surface area contributed by atoms with Crippen LogP contribution in [0.1, 0.15) is 24.1 Å². The standard InChI is InChI=1S/C17H24N2OS2/c20-17(4-3-16-2-1-10-22-16)18-12-14-5-8-19(9-6-14)15-7-11-21-13-15/h1-4,10,14-15H,5-9,11-13H2,(H,18,20). The van der Waals surface area contributed by atoms with Crippen LogP contribution in [0.4, 0.5) is 0 Å². The van der Waals surface area contributed by atoms with Gasteiger partial charge in [0.05, 0.1) is 0 Å². The predicted molar refractivity (Wildman–Crippen MR) is 96.4 cm³/mol. The van der Waals surface area contributed by atoms with E-state index in [1.807, 2.05) is 23.6 Å². The highest BCUT2D eigenvalue weighted by atomic mass is 32.2. The van der Waals surface area contributed by atoms with Crippen molar-refractivity contribution in [3.63, 3.8) is 0 Å². The summed E-state index contributed by atoms with van der Waals surface area (Å²) in [5.74, 6) is 3.32. The number of likely N-dealkylation sites (tertiary alicyclic amines) is 1. The minimum absolute atomic E-state index is 0.0306. The molecule has 1 amide bonds. The molecule has 3 nitrogen and oxygen atoms in total. The molecular formula is C17H24N2OS2. The zero-order valence-corrected chi connectivity index (χ0v) is 14.5. The van der Waals surface area contributed by atoms with Gasteiger partial charge in [0.15, 0.2) is 0 Å². The monoisotopic (exact) mass is 336 g/mol. The number of hydrogen-bond donors (Lipinski definition) is 1. The highest BCUT2D eigenvalue weighted by Crippen LogP contribution is 2.26. The summed E-state index contributed by atoms with van der Waals surface area (Å²) in [6, 6.07) is 4.83. The van der Waals surface area contributed by atoms with Gasteiger partial charge >= 0.3 is 0 Å². The minimum atomic E-state index is 0.0306. The third-order valence-electron chi connectivity index (χ3n) is 4.58. The average Bonchev–Trinajstić information content (AvgIpc) is 3.24. The zero-order chi connectivity index (χ0) is 15.2. The van der Waals surface area contributed by atoms with Crippen LogP contribution in [-0.4, -0.2) is 48.0 Å². The Hall–Kier alpha value is -0.780. The lowest BCUT2D eigenvalue weighted by atomic mass is 9.95. The van der Waals surface area contributed by atoms with E-state index in [0.717, 1.165) is 17.5 Å². The molecule has 2 fully saturated rings. The maximum absolute atomic E-state index is 11.8. The predicted octanol–water partition coefficient (Wildman–Crippen LogP) is 3.10. The molecule has 3 heterocycles. The molecule has 1 aromatic heterocycles. The third kappa shape index (κ3) is 4.61. The van der Waals surface area contributed by atoms with E-state index in [1.165, 1.54) is 43.9 Å². The van der Waals surface area contributed by atoms with Crippen LogP contribution in [0.25, 0.3) is 6.08 Å². The Morgan fingerprint density at radius 1 is 1.36 bits per heavy atom. The Kier molecular flexibility index (Phi) is 5.98. The first-order chi connectivity index (χ1) is 10.8. The van der Waals surface area contributed by atoms with Crippen LogP contribution in [0, 0.1) is 5.92 Å². The molecule has 0 aliphatic carbocycles. The summed E-state index contributed by atoms with van der Waals surface area (Å²) in [6.07, 6.45) is 7.34. The highest BCUT2D eigenvalue weighted by Gasteiger charge is 2.27. The zero-order valence-electron chi connectivity index (χ0n) is 12.9. The summed E-state index contributed by atoms with van der Waals surface area (Å²) in [6.45, 7) is 3.23. The number of carbonyl (C=O) groups excluding carboxylic acids is 1. The van der Waals surface area contributed by atoms with Gasteiger partial charge in [-0.1, -0.05) is 6.07 Å². The number of thiophene rings is 1. The molecule has 5 heteroatoms. The van der Waals surface area contributed by atoms with Crippen molar-refractivity contribution in [1.82, 2.24) is 10.2 Å². The number of rotatable bonds is 5. The molecule has 0 bridgehead atoms. The van der Waals surface area contributed by atoms with Gasteiger partial charge in [0.25, 0.3) is 0 Å². The SMILES string of the molecule is O=C(C=Cc1cccs1)NCC1CCN(C2CCSC2)CC1. The van der Waals surface area contributed by atoms with Gasteiger partial charge in [-0.2, -0.15) is 11.8 Å². The Morgan fingerprint density at radius 3 is 2.91 bits per heavy atom. The molecule has 0 radical (unpaired) electrons. The molecule has 2 saturated heterocycles. The lowest BCUT2D eigenvalue weighted by Gasteiger charge is -2.35. The van der Waals surface area contributed by atoms with Gasteiger partial charge in [0, 0.05) is 29.3 Å². The number of amides is 1. The molecule has 1 aromatic rings. The van der Waals surface area contributed by atoms with E-state index >= 15 is 0 Å². The van der Waals surface area contributed by atoms with E-state index in [4.69, 9.17) is 0 Å². The van der Waals surface area contributed by atoms with Crippen molar-refractivity contribution in [2.75, 3.05) is 31.1 Å². The summed E-state index contributed by atoms with van der Waals surface area (Å²) in [5.41, 5.74) is 0. The smallest absolute Gasteiger partial charge is 0.244 e. The molecule has 2 aliphatic heterocycles. The van der Waals surface area contributed by atoms with Crippen LogP contribution < -0.4 is 5.32 Å². The number of nitrogens with zero attached hydrogens (tertiary/aromatic N) is 1. The second-order valence-corrected chi connectivity index (χ2v) is 8.22. The maximum Gasteiger partial charge on any atom is 0.244 e. The van der Waals surface area contributed by atoms with Crippen molar-refractivity contribution >= 4 is 35.1 Å². The van der Waals surface area contributed by atoms with Crippen molar-refractivity contribution in [2.45, 2.75) is 25.3 Å². The number of nitrogens with one attached hydrogen (secondary N) is 1. The molecule has 120 valence electrons. The first-order valence-electron chi connectivity index (χ1n) is 8.12. The van der Waals surface area contributed by atoms with E-state index in [-0.39, 0.29) is 5.91 Å². The van der Waals surface area contributed by atoms with Crippen LogP contribution in [0.3, 0.4) is 0 Å². The van der Waals surface area contributed by atoms with Gasteiger partial charge in [-0.05, 0) is 61.5 Å². The molecular weight excluding hydrogens is 312 g/mol. The van der Waals surface area contributed by atoms with E-state index in [2.05, 4.69) is 22.0 Å². The van der Waals surface area contributed by atoms with Crippen LogP contribution in [-0.2, 0) is 4.79 Å². The second-order valence-electron chi connectivity index (χ2n) is 6.09. The minimum Gasteiger partial charge on any atom is -0.352 e. The molecule has 0 saturated carbocycles. The number of piperidine rings is 1. The summed E-state index contributed by atoms with van der Waals surface area (Å²) in [7, 11) is 0. The van der Waals surface area contributed by atoms with Gasteiger partial charge in [0.1, 0.15) is 0 Å². The molecule has 0 spiro atoms. The van der Waals surface area contributed by atoms with E-state index in [0.29, 0.717) is 5.92 Å². The number of thioether (sulfide) groups is 1. The van der Waals surface area contributed by atoms with Crippen LogP contribution in [0.2, 0.25) is 0 Å². The summed E-state index contributed by atoms with van der Waals surface area (Å²) < 4.78 is 0.